The van der Waals surface area contributed by atoms with E-state index in [2.05, 4.69) is 31.0 Å². The van der Waals surface area contributed by atoms with Gasteiger partial charge in [-0.05, 0) is 44.8 Å². The lowest BCUT2D eigenvalue weighted by Crippen LogP contribution is -2.41. The monoisotopic (exact) mass is 226 g/mol. The van der Waals surface area contributed by atoms with Gasteiger partial charge in [0, 0.05) is 12.6 Å². The van der Waals surface area contributed by atoms with Gasteiger partial charge in [-0.25, -0.2) is 0 Å². The van der Waals surface area contributed by atoms with Crippen LogP contribution in [0.5, 0.6) is 0 Å². The molecule has 1 saturated heterocycles. The molecule has 0 aromatic carbocycles. The van der Waals surface area contributed by atoms with Gasteiger partial charge in [0.25, 0.3) is 0 Å². The maximum Gasteiger partial charge on any atom is 0.0218 e. The Bertz CT molecular complexity index is 160. The fourth-order valence-electron chi connectivity index (χ4n) is 2.67. The zero-order chi connectivity index (χ0) is 11.8. The quantitative estimate of drug-likeness (QED) is 0.684. The van der Waals surface area contributed by atoms with E-state index in [4.69, 9.17) is 0 Å². The molecule has 0 spiro atoms. The lowest BCUT2D eigenvalue weighted by Gasteiger charge is -2.27. The highest BCUT2D eigenvalue weighted by Gasteiger charge is 2.19. The summed E-state index contributed by atoms with van der Waals surface area (Å²) in [4.78, 5) is 2.67. The molecule has 0 aliphatic carbocycles. The fraction of sp³-hybridized carbons (Fsp3) is 1.00. The molecule has 1 N–H and O–H groups in total. The minimum atomic E-state index is 0.775. The van der Waals surface area contributed by atoms with Crippen molar-refractivity contribution in [3.63, 3.8) is 0 Å². The molecule has 0 amide bonds. The number of rotatable bonds is 8. The van der Waals surface area contributed by atoms with E-state index in [1.165, 1.54) is 58.3 Å². The van der Waals surface area contributed by atoms with Crippen molar-refractivity contribution >= 4 is 0 Å². The van der Waals surface area contributed by atoms with E-state index in [1.54, 1.807) is 0 Å². The summed E-state index contributed by atoms with van der Waals surface area (Å²) in [5, 5.41) is 3.67. The van der Waals surface area contributed by atoms with Crippen LogP contribution in [0.3, 0.4) is 0 Å². The summed E-state index contributed by atoms with van der Waals surface area (Å²) in [6.45, 7) is 12.0. The van der Waals surface area contributed by atoms with Gasteiger partial charge in [0.1, 0.15) is 0 Å². The summed E-state index contributed by atoms with van der Waals surface area (Å²) in [5.74, 6) is 0.871. The Kier molecular flexibility index (Phi) is 7.06. The molecule has 0 aromatic heterocycles. The minimum absolute atomic E-state index is 0.775. The van der Waals surface area contributed by atoms with E-state index in [0.717, 1.165) is 12.0 Å². The van der Waals surface area contributed by atoms with Gasteiger partial charge in [0.05, 0.1) is 0 Å². The molecule has 0 bridgehead atoms. The average Bonchev–Trinajstić information content (AvgIpc) is 2.83. The molecular formula is C14H30N2. The number of hydrogen-bond donors (Lipinski definition) is 1. The summed E-state index contributed by atoms with van der Waals surface area (Å²) in [7, 11) is 0. The summed E-state index contributed by atoms with van der Waals surface area (Å²) in [6, 6.07) is 0.775. The number of nitrogens with one attached hydrogen (secondary N) is 1. The molecule has 0 aromatic rings. The largest absolute Gasteiger partial charge is 0.315 e. The molecule has 1 fully saturated rings. The predicted molar refractivity (Wildman–Crippen MR) is 71.8 cm³/mol. The van der Waals surface area contributed by atoms with Crippen molar-refractivity contribution in [1.82, 2.24) is 10.2 Å². The van der Waals surface area contributed by atoms with Crippen molar-refractivity contribution in [3.8, 4) is 0 Å². The van der Waals surface area contributed by atoms with Crippen molar-refractivity contribution in [2.24, 2.45) is 5.92 Å². The topological polar surface area (TPSA) is 15.3 Å². The van der Waals surface area contributed by atoms with E-state index < -0.39 is 0 Å². The Morgan fingerprint density at radius 1 is 0.938 bits per heavy atom. The highest BCUT2D eigenvalue weighted by molar-refractivity contribution is 4.77. The molecule has 0 radical (unpaired) electrons. The second kappa shape index (κ2) is 8.08. The Morgan fingerprint density at radius 3 is 2.06 bits per heavy atom. The van der Waals surface area contributed by atoms with Crippen molar-refractivity contribution < 1.29 is 0 Å². The number of nitrogens with zero attached hydrogens (tertiary/aromatic N) is 1. The molecule has 1 heterocycles. The van der Waals surface area contributed by atoms with Crippen LogP contribution in [-0.4, -0.2) is 37.1 Å². The van der Waals surface area contributed by atoms with Crippen LogP contribution < -0.4 is 5.32 Å². The molecule has 1 aliphatic heterocycles. The molecule has 16 heavy (non-hydrogen) atoms. The Balaban J connectivity index is 2.17. The van der Waals surface area contributed by atoms with E-state index in [9.17, 15) is 0 Å². The van der Waals surface area contributed by atoms with Crippen LogP contribution in [0.1, 0.15) is 52.9 Å². The molecule has 96 valence electrons. The normalized spacial score (nSPS) is 19.5. The maximum absolute atomic E-state index is 3.67. The van der Waals surface area contributed by atoms with Crippen LogP contribution in [0.2, 0.25) is 0 Å². The molecule has 1 aliphatic rings. The van der Waals surface area contributed by atoms with Gasteiger partial charge in [0.15, 0.2) is 0 Å². The number of likely N-dealkylation sites (tertiary alicyclic amines) is 1. The predicted octanol–water partition coefficient (Wildman–Crippen LogP) is 2.89. The fourth-order valence-corrected chi connectivity index (χ4v) is 2.67. The second-order valence-corrected chi connectivity index (χ2v) is 5.15. The van der Waals surface area contributed by atoms with Crippen molar-refractivity contribution in [2.45, 2.75) is 58.9 Å². The molecule has 1 unspecified atom stereocenters. The molecule has 2 heteroatoms. The van der Waals surface area contributed by atoms with Gasteiger partial charge in [-0.2, -0.15) is 0 Å². The van der Waals surface area contributed by atoms with Crippen molar-refractivity contribution in [2.75, 3.05) is 26.2 Å². The van der Waals surface area contributed by atoms with Crippen LogP contribution in [0.25, 0.3) is 0 Å². The second-order valence-electron chi connectivity index (χ2n) is 5.15. The first-order chi connectivity index (χ1) is 7.81. The zero-order valence-electron chi connectivity index (χ0n) is 11.5. The van der Waals surface area contributed by atoms with Crippen LogP contribution in [-0.2, 0) is 0 Å². The first kappa shape index (κ1) is 14.0. The van der Waals surface area contributed by atoms with Gasteiger partial charge in [-0.1, -0.05) is 33.6 Å². The van der Waals surface area contributed by atoms with E-state index in [1.807, 2.05) is 0 Å². The van der Waals surface area contributed by atoms with Gasteiger partial charge < -0.3 is 5.32 Å². The summed E-state index contributed by atoms with van der Waals surface area (Å²) in [6.07, 6.45) is 6.72. The summed E-state index contributed by atoms with van der Waals surface area (Å²) in [5.41, 5.74) is 0. The van der Waals surface area contributed by atoms with Gasteiger partial charge >= 0.3 is 0 Å². The molecule has 0 saturated carbocycles. The van der Waals surface area contributed by atoms with Crippen molar-refractivity contribution in [1.29, 1.82) is 0 Å². The van der Waals surface area contributed by atoms with Gasteiger partial charge in [0.2, 0.25) is 0 Å². The molecule has 2 nitrogen and oxygen atoms in total. The Labute approximate surface area is 102 Å². The standard InChI is InChI=1S/C14H30N2/c1-4-13(5-2)11-15-12-14(6-3)16-9-7-8-10-16/h13-15H,4-12H2,1-3H3. The van der Waals surface area contributed by atoms with Crippen LogP contribution >= 0.6 is 0 Å². The first-order valence-electron chi connectivity index (χ1n) is 7.26. The van der Waals surface area contributed by atoms with Crippen LogP contribution in [0.15, 0.2) is 0 Å². The van der Waals surface area contributed by atoms with Crippen LogP contribution in [0.4, 0.5) is 0 Å². The van der Waals surface area contributed by atoms with Gasteiger partial charge in [-0.15, -0.1) is 0 Å². The smallest absolute Gasteiger partial charge is 0.0218 e. The maximum atomic E-state index is 3.67. The third-order valence-corrected chi connectivity index (χ3v) is 4.10. The number of hydrogen-bond acceptors (Lipinski definition) is 2. The van der Waals surface area contributed by atoms with E-state index in [-0.39, 0.29) is 0 Å². The molecule has 1 atom stereocenters. The first-order valence-corrected chi connectivity index (χ1v) is 7.26. The Hall–Kier alpha value is -0.0800. The SMILES string of the molecule is CCC(CC)CNCC(CC)N1CCCC1. The third-order valence-electron chi connectivity index (χ3n) is 4.10. The van der Waals surface area contributed by atoms with Crippen molar-refractivity contribution in [3.05, 3.63) is 0 Å². The van der Waals surface area contributed by atoms with E-state index >= 15 is 0 Å². The third kappa shape index (κ3) is 4.42. The van der Waals surface area contributed by atoms with Gasteiger partial charge in [-0.3, -0.25) is 4.90 Å². The molecular weight excluding hydrogens is 196 g/mol. The van der Waals surface area contributed by atoms with E-state index in [0.29, 0.717) is 0 Å². The summed E-state index contributed by atoms with van der Waals surface area (Å²) >= 11 is 0. The average molecular weight is 226 g/mol. The highest BCUT2D eigenvalue weighted by atomic mass is 15.2. The zero-order valence-corrected chi connectivity index (χ0v) is 11.5. The Morgan fingerprint density at radius 2 is 1.56 bits per heavy atom. The molecule has 1 rings (SSSR count). The lowest BCUT2D eigenvalue weighted by molar-refractivity contribution is 0.226. The minimum Gasteiger partial charge on any atom is -0.315 e. The van der Waals surface area contributed by atoms with Crippen LogP contribution in [0, 0.1) is 5.92 Å². The summed E-state index contributed by atoms with van der Waals surface area (Å²) < 4.78 is 0. The highest BCUT2D eigenvalue weighted by Crippen LogP contribution is 2.13. The lowest BCUT2D eigenvalue weighted by atomic mass is 10.0.